The predicted molar refractivity (Wildman–Crippen MR) is 140 cm³/mol. The highest BCUT2D eigenvalue weighted by Gasteiger charge is 2.48. The van der Waals surface area contributed by atoms with Gasteiger partial charge in [-0.25, -0.2) is 0 Å². The smallest absolute Gasteiger partial charge is 0.229 e. The maximum absolute atomic E-state index is 13.5. The number of fused-ring (bicyclic) bond motifs is 2. The van der Waals surface area contributed by atoms with Gasteiger partial charge in [0, 0.05) is 12.1 Å². The molecule has 0 amide bonds. The Labute approximate surface area is 237 Å². The molecule has 2 aliphatic heterocycles. The number of methoxy groups -OCH3 is 2. The van der Waals surface area contributed by atoms with Gasteiger partial charge in [0.2, 0.25) is 11.7 Å². The molecule has 3 heterocycles. The molecule has 10 atom stereocenters. The molecule has 0 bridgehead atoms. The van der Waals surface area contributed by atoms with Crippen LogP contribution < -0.4 is 19.6 Å². The lowest BCUT2D eigenvalue weighted by atomic mass is 9.98. The molecule has 2 saturated heterocycles. The van der Waals surface area contributed by atoms with Crippen LogP contribution in [-0.2, 0) is 14.2 Å². The van der Waals surface area contributed by atoms with Crippen LogP contribution in [0, 0.1) is 0 Å². The lowest BCUT2D eigenvalue weighted by molar-refractivity contribution is -0.323. The average Bonchev–Trinajstić information content (AvgIpc) is 2.99. The van der Waals surface area contributed by atoms with Gasteiger partial charge in [0.05, 0.1) is 32.8 Å². The Kier molecular flexibility index (Phi) is 8.86. The molecule has 1 aromatic heterocycles. The monoisotopic (exact) mass is 596 g/mol. The van der Waals surface area contributed by atoms with Crippen molar-refractivity contribution in [1.82, 2.24) is 0 Å². The molecule has 230 valence electrons. The van der Waals surface area contributed by atoms with E-state index >= 15 is 0 Å². The van der Waals surface area contributed by atoms with E-state index in [2.05, 4.69) is 0 Å². The Morgan fingerprint density at radius 2 is 1.45 bits per heavy atom. The maximum atomic E-state index is 13.5. The standard InChI is InChI=1S/C27H32O15/c1-36-10-6-13-17(18(29)11-4-3-5-12(37-2)25(11)39-13)14(7-10)40-27-24(35)22(33)20(31)16(42-27)9-38-26-23(34)21(32)19(30)15(8-28)41-26/h3-7,15-16,19-24,26-28,30-35H,8-9H2,1-2H3. The zero-order chi connectivity index (χ0) is 30.3. The minimum absolute atomic E-state index is 0.0258. The van der Waals surface area contributed by atoms with Crippen LogP contribution in [0.3, 0.4) is 0 Å². The Morgan fingerprint density at radius 3 is 2.12 bits per heavy atom. The minimum Gasteiger partial charge on any atom is -0.496 e. The van der Waals surface area contributed by atoms with Gasteiger partial charge in [-0.15, -0.1) is 0 Å². The molecule has 42 heavy (non-hydrogen) atoms. The highest BCUT2D eigenvalue weighted by atomic mass is 16.7. The van der Waals surface area contributed by atoms with E-state index in [9.17, 15) is 40.5 Å². The zero-order valence-electron chi connectivity index (χ0n) is 22.5. The summed E-state index contributed by atoms with van der Waals surface area (Å²) in [5.74, 6) is 0.425. The maximum Gasteiger partial charge on any atom is 0.229 e. The molecule has 3 aromatic rings. The van der Waals surface area contributed by atoms with Crippen molar-refractivity contribution in [2.45, 2.75) is 61.4 Å². The Morgan fingerprint density at radius 1 is 0.786 bits per heavy atom. The third kappa shape index (κ3) is 5.40. The first-order valence-electron chi connectivity index (χ1n) is 13.0. The van der Waals surface area contributed by atoms with Crippen LogP contribution in [-0.4, -0.2) is 125 Å². The van der Waals surface area contributed by atoms with Crippen molar-refractivity contribution in [2.24, 2.45) is 0 Å². The fourth-order valence-corrected chi connectivity index (χ4v) is 4.96. The second kappa shape index (κ2) is 12.3. The first-order chi connectivity index (χ1) is 20.1. The SMILES string of the molecule is COc1cc(OC2OC(COC3OC(CO)C(O)C(O)C3O)C(O)C(O)C2O)c2c(=O)c3cccc(OC)c3oc2c1. The van der Waals surface area contributed by atoms with Gasteiger partial charge in [-0.3, -0.25) is 4.79 Å². The van der Waals surface area contributed by atoms with E-state index in [4.69, 9.17) is 32.8 Å². The lowest BCUT2D eigenvalue weighted by Crippen LogP contribution is -2.62. The molecule has 10 unspecified atom stereocenters. The fraction of sp³-hybridized carbons (Fsp3) is 0.519. The van der Waals surface area contributed by atoms with E-state index in [0.29, 0.717) is 5.75 Å². The second-order valence-electron chi connectivity index (χ2n) is 9.93. The first kappa shape index (κ1) is 30.4. The Hall–Kier alpha value is -3.09. The molecule has 0 spiro atoms. The topological polar surface area (TPSA) is 227 Å². The zero-order valence-corrected chi connectivity index (χ0v) is 22.5. The van der Waals surface area contributed by atoms with Crippen molar-refractivity contribution < 1.29 is 68.6 Å². The normalized spacial score (nSPS) is 33.5. The van der Waals surface area contributed by atoms with E-state index in [1.54, 1.807) is 12.1 Å². The Balaban J connectivity index is 1.43. The van der Waals surface area contributed by atoms with Crippen molar-refractivity contribution in [3.63, 3.8) is 0 Å². The third-order valence-electron chi connectivity index (χ3n) is 7.34. The summed E-state index contributed by atoms with van der Waals surface area (Å²) >= 11 is 0. The molecule has 2 aliphatic rings. The summed E-state index contributed by atoms with van der Waals surface area (Å²) in [5.41, 5.74) is -0.231. The van der Waals surface area contributed by atoms with Gasteiger partial charge in [0.25, 0.3) is 0 Å². The van der Waals surface area contributed by atoms with E-state index in [-0.39, 0.29) is 33.4 Å². The number of hydrogen-bond acceptors (Lipinski definition) is 15. The van der Waals surface area contributed by atoms with Gasteiger partial charge in [-0.1, -0.05) is 6.07 Å². The van der Waals surface area contributed by atoms with Crippen molar-refractivity contribution in [3.05, 3.63) is 40.6 Å². The number of aliphatic hydroxyl groups is 7. The molecule has 5 rings (SSSR count). The molecular formula is C27H32O15. The lowest BCUT2D eigenvalue weighted by Gasteiger charge is -2.42. The van der Waals surface area contributed by atoms with Crippen molar-refractivity contribution in [1.29, 1.82) is 0 Å². The summed E-state index contributed by atoms with van der Waals surface area (Å²) in [5, 5.41) is 71.5. The van der Waals surface area contributed by atoms with Gasteiger partial charge in [0.15, 0.2) is 17.6 Å². The molecule has 15 heteroatoms. The quantitative estimate of drug-likeness (QED) is 0.139. The van der Waals surface area contributed by atoms with Gasteiger partial charge in [-0.05, 0) is 12.1 Å². The van der Waals surface area contributed by atoms with E-state index in [1.165, 1.54) is 32.4 Å². The summed E-state index contributed by atoms with van der Waals surface area (Å²) in [4.78, 5) is 13.5. The number of benzene rings is 2. The van der Waals surface area contributed by atoms with Crippen molar-refractivity contribution >= 4 is 21.9 Å². The van der Waals surface area contributed by atoms with Gasteiger partial charge in [-0.2, -0.15) is 0 Å². The first-order valence-corrected chi connectivity index (χ1v) is 13.0. The number of hydrogen-bond donors (Lipinski definition) is 7. The van der Waals surface area contributed by atoms with Crippen LogP contribution in [0.5, 0.6) is 17.2 Å². The van der Waals surface area contributed by atoms with Crippen LogP contribution >= 0.6 is 0 Å². The van der Waals surface area contributed by atoms with Crippen molar-refractivity contribution in [2.75, 3.05) is 27.4 Å². The number of para-hydroxylation sites is 1. The highest BCUT2D eigenvalue weighted by molar-refractivity contribution is 5.95. The Bertz CT molecular complexity index is 1460. The summed E-state index contributed by atoms with van der Waals surface area (Å²) in [6.07, 6.45) is -16.1. The van der Waals surface area contributed by atoms with Crippen LogP contribution in [0.2, 0.25) is 0 Å². The molecule has 2 fully saturated rings. The molecule has 7 N–H and O–H groups in total. The summed E-state index contributed by atoms with van der Waals surface area (Å²) in [6, 6.07) is 7.59. The molecule has 0 radical (unpaired) electrons. The van der Waals surface area contributed by atoms with E-state index in [1.807, 2.05) is 0 Å². The van der Waals surface area contributed by atoms with E-state index in [0.717, 1.165) is 0 Å². The van der Waals surface area contributed by atoms with Gasteiger partial charge in [0.1, 0.15) is 71.3 Å². The molecule has 0 saturated carbocycles. The van der Waals surface area contributed by atoms with Crippen LogP contribution in [0.4, 0.5) is 0 Å². The van der Waals surface area contributed by atoms with Crippen LogP contribution in [0.15, 0.2) is 39.5 Å². The molecule has 15 nitrogen and oxygen atoms in total. The van der Waals surface area contributed by atoms with Gasteiger partial charge < -0.3 is 68.6 Å². The predicted octanol–water partition coefficient (Wildman–Crippen LogP) is -2.03. The second-order valence-corrected chi connectivity index (χ2v) is 9.93. The molecule has 2 aromatic carbocycles. The van der Waals surface area contributed by atoms with Crippen molar-refractivity contribution in [3.8, 4) is 17.2 Å². The number of ether oxygens (including phenoxy) is 6. The fourth-order valence-electron chi connectivity index (χ4n) is 4.96. The van der Waals surface area contributed by atoms with Gasteiger partial charge >= 0.3 is 0 Å². The number of rotatable bonds is 8. The minimum atomic E-state index is -1.80. The van der Waals surface area contributed by atoms with E-state index < -0.39 is 80.1 Å². The third-order valence-corrected chi connectivity index (χ3v) is 7.34. The summed E-state index contributed by atoms with van der Waals surface area (Å²) in [6.45, 7) is -1.24. The average molecular weight is 597 g/mol. The summed E-state index contributed by atoms with van der Waals surface area (Å²) in [7, 11) is 2.81. The van der Waals surface area contributed by atoms with Crippen LogP contribution in [0.25, 0.3) is 21.9 Å². The van der Waals surface area contributed by atoms with Crippen LogP contribution in [0.1, 0.15) is 0 Å². The highest BCUT2D eigenvalue weighted by Crippen LogP contribution is 2.36. The summed E-state index contributed by atoms with van der Waals surface area (Å²) < 4.78 is 38.9. The molecule has 0 aliphatic carbocycles. The largest absolute Gasteiger partial charge is 0.496 e. The molecular weight excluding hydrogens is 564 g/mol. The number of aliphatic hydroxyl groups excluding tert-OH is 7.